The molecule has 0 saturated carbocycles. The lowest BCUT2D eigenvalue weighted by molar-refractivity contribution is 0.161. The van der Waals surface area contributed by atoms with E-state index in [1.807, 2.05) is 25.1 Å². The Morgan fingerprint density at radius 1 is 1.29 bits per heavy atom. The topological polar surface area (TPSA) is 29.3 Å². The van der Waals surface area contributed by atoms with Crippen LogP contribution in [-0.4, -0.2) is 24.0 Å². The minimum atomic E-state index is 0.0499. The van der Waals surface area contributed by atoms with Gasteiger partial charge in [0, 0.05) is 17.1 Å². The van der Waals surface area contributed by atoms with Crippen molar-refractivity contribution in [1.82, 2.24) is 4.90 Å². The molecule has 0 fully saturated rings. The molecule has 0 radical (unpaired) electrons. The maximum absolute atomic E-state index is 6.27. The molecule has 17 heavy (non-hydrogen) atoms. The zero-order valence-electron chi connectivity index (χ0n) is 11.2. The van der Waals surface area contributed by atoms with Gasteiger partial charge in [0.15, 0.2) is 0 Å². The number of nitrogens with zero attached hydrogens (tertiary/aromatic N) is 1. The highest BCUT2D eigenvalue weighted by atomic mass is 35.5. The monoisotopic (exact) mass is 254 g/mol. The maximum atomic E-state index is 6.27. The van der Waals surface area contributed by atoms with Crippen molar-refractivity contribution < 1.29 is 0 Å². The fourth-order valence-corrected chi connectivity index (χ4v) is 2.40. The van der Waals surface area contributed by atoms with Gasteiger partial charge in [-0.3, -0.25) is 4.90 Å². The third-order valence-corrected chi connectivity index (χ3v) is 3.79. The van der Waals surface area contributed by atoms with Crippen LogP contribution in [0.15, 0.2) is 24.3 Å². The van der Waals surface area contributed by atoms with E-state index in [-0.39, 0.29) is 12.1 Å². The van der Waals surface area contributed by atoms with Crippen LogP contribution in [0, 0.1) is 0 Å². The molecule has 1 aromatic rings. The molecule has 3 unspecified atom stereocenters. The fourth-order valence-electron chi connectivity index (χ4n) is 2.15. The van der Waals surface area contributed by atoms with Crippen molar-refractivity contribution in [3.8, 4) is 0 Å². The van der Waals surface area contributed by atoms with Crippen LogP contribution in [0.5, 0.6) is 0 Å². The summed E-state index contributed by atoms with van der Waals surface area (Å²) < 4.78 is 0. The number of halogens is 1. The third kappa shape index (κ3) is 3.44. The highest BCUT2D eigenvalue weighted by Crippen LogP contribution is 2.30. The van der Waals surface area contributed by atoms with Crippen molar-refractivity contribution in [3.05, 3.63) is 34.9 Å². The van der Waals surface area contributed by atoms with Gasteiger partial charge in [0.05, 0.1) is 6.04 Å². The van der Waals surface area contributed by atoms with E-state index in [2.05, 4.69) is 31.9 Å². The van der Waals surface area contributed by atoms with Crippen LogP contribution in [0.3, 0.4) is 0 Å². The van der Waals surface area contributed by atoms with Crippen LogP contribution in [-0.2, 0) is 0 Å². The molecular formula is C14H23ClN2. The molecule has 0 aliphatic rings. The van der Waals surface area contributed by atoms with Gasteiger partial charge < -0.3 is 5.73 Å². The van der Waals surface area contributed by atoms with E-state index in [1.54, 1.807) is 0 Å². The van der Waals surface area contributed by atoms with Gasteiger partial charge >= 0.3 is 0 Å². The SMILES string of the molecule is CCC(C)N(C)C(c1ccccc1Cl)C(C)N. The summed E-state index contributed by atoms with van der Waals surface area (Å²) in [5.41, 5.74) is 7.25. The number of benzene rings is 1. The molecular weight excluding hydrogens is 232 g/mol. The predicted molar refractivity (Wildman–Crippen MR) is 75.4 cm³/mol. The lowest BCUT2D eigenvalue weighted by atomic mass is 9.98. The molecule has 0 aliphatic heterocycles. The lowest BCUT2D eigenvalue weighted by Crippen LogP contribution is -2.41. The summed E-state index contributed by atoms with van der Waals surface area (Å²) in [5, 5.41) is 0.796. The van der Waals surface area contributed by atoms with Crippen LogP contribution in [0.2, 0.25) is 5.02 Å². The van der Waals surface area contributed by atoms with Crippen molar-refractivity contribution in [2.24, 2.45) is 5.73 Å². The molecule has 0 heterocycles. The second kappa shape index (κ2) is 6.39. The quantitative estimate of drug-likeness (QED) is 0.872. The van der Waals surface area contributed by atoms with Gasteiger partial charge in [-0.15, -0.1) is 0 Å². The van der Waals surface area contributed by atoms with Crippen LogP contribution in [0.4, 0.5) is 0 Å². The van der Waals surface area contributed by atoms with Crippen LogP contribution >= 0.6 is 11.6 Å². The molecule has 1 aromatic carbocycles. The average molecular weight is 255 g/mol. The van der Waals surface area contributed by atoms with Gasteiger partial charge in [0.25, 0.3) is 0 Å². The summed E-state index contributed by atoms with van der Waals surface area (Å²) in [4.78, 5) is 2.31. The first-order valence-corrected chi connectivity index (χ1v) is 6.58. The van der Waals surface area contributed by atoms with Crippen molar-refractivity contribution in [1.29, 1.82) is 0 Å². The minimum Gasteiger partial charge on any atom is -0.326 e. The van der Waals surface area contributed by atoms with E-state index in [0.29, 0.717) is 6.04 Å². The van der Waals surface area contributed by atoms with Crippen molar-refractivity contribution in [2.75, 3.05) is 7.05 Å². The summed E-state index contributed by atoms with van der Waals surface area (Å²) in [7, 11) is 2.12. The molecule has 1 rings (SSSR count). The molecule has 2 N–H and O–H groups in total. The Bertz CT molecular complexity index is 352. The molecule has 0 saturated heterocycles. The Balaban J connectivity index is 3.06. The Kier molecular flexibility index (Phi) is 5.44. The first-order chi connectivity index (χ1) is 7.99. The first kappa shape index (κ1) is 14.5. The molecule has 0 amide bonds. The van der Waals surface area contributed by atoms with E-state index >= 15 is 0 Å². The third-order valence-electron chi connectivity index (χ3n) is 3.45. The van der Waals surface area contributed by atoms with E-state index in [4.69, 9.17) is 17.3 Å². The molecule has 2 nitrogen and oxygen atoms in total. The highest BCUT2D eigenvalue weighted by molar-refractivity contribution is 6.31. The molecule has 0 bridgehead atoms. The summed E-state index contributed by atoms with van der Waals surface area (Å²) >= 11 is 6.27. The Hall–Kier alpha value is -0.570. The minimum absolute atomic E-state index is 0.0499. The Labute approximate surface area is 110 Å². The smallest absolute Gasteiger partial charge is 0.0510 e. The summed E-state index contributed by atoms with van der Waals surface area (Å²) in [6.45, 7) is 6.44. The number of nitrogens with two attached hydrogens (primary N) is 1. The fraction of sp³-hybridized carbons (Fsp3) is 0.571. The van der Waals surface area contributed by atoms with Crippen molar-refractivity contribution >= 4 is 11.6 Å². The maximum Gasteiger partial charge on any atom is 0.0510 e. The van der Waals surface area contributed by atoms with E-state index in [9.17, 15) is 0 Å². The van der Waals surface area contributed by atoms with Gasteiger partial charge in [0.1, 0.15) is 0 Å². The number of likely N-dealkylation sites (N-methyl/N-ethyl adjacent to an activating group) is 1. The van der Waals surface area contributed by atoms with Gasteiger partial charge in [-0.1, -0.05) is 36.7 Å². The number of hydrogen-bond donors (Lipinski definition) is 1. The second-order valence-corrected chi connectivity index (χ2v) is 5.16. The largest absolute Gasteiger partial charge is 0.326 e. The van der Waals surface area contributed by atoms with E-state index < -0.39 is 0 Å². The molecule has 96 valence electrons. The molecule has 3 heteroatoms. The molecule has 0 aromatic heterocycles. The van der Waals surface area contributed by atoms with Gasteiger partial charge in [0.2, 0.25) is 0 Å². The predicted octanol–water partition coefficient (Wildman–Crippen LogP) is 3.46. The number of hydrogen-bond acceptors (Lipinski definition) is 2. The lowest BCUT2D eigenvalue weighted by Gasteiger charge is -2.36. The second-order valence-electron chi connectivity index (χ2n) is 4.75. The normalized spacial score (nSPS) is 16.9. The zero-order chi connectivity index (χ0) is 13.0. The van der Waals surface area contributed by atoms with Gasteiger partial charge in [-0.25, -0.2) is 0 Å². The first-order valence-electron chi connectivity index (χ1n) is 6.21. The van der Waals surface area contributed by atoms with Crippen LogP contribution < -0.4 is 5.73 Å². The molecule has 0 aliphatic carbocycles. The average Bonchev–Trinajstić information content (AvgIpc) is 2.30. The Morgan fingerprint density at radius 3 is 2.35 bits per heavy atom. The van der Waals surface area contributed by atoms with E-state index in [1.165, 1.54) is 0 Å². The van der Waals surface area contributed by atoms with Crippen molar-refractivity contribution in [3.63, 3.8) is 0 Å². The number of rotatable bonds is 5. The van der Waals surface area contributed by atoms with Crippen LogP contribution in [0.1, 0.15) is 38.8 Å². The highest BCUT2D eigenvalue weighted by Gasteiger charge is 2.25. The zero-order valence-corrected chi connectivity index (χ0v) is 11.9. The van der Waals surface area contributed by atoms with Crippen LogP contribution in [0.25, 0.3) is 0 Å². The standard InChI is InChI=1S/C14H23ClN2/c1-5-10(2)17(4)14(11(3)16)12-8-6-7-9-13(12)15/h6-11,14H,5,16H2,1-4H3. The van der Waals surface area contributed by atoms with Gasteiger partial charge in [-0.05, 0) is 38.9 Å². The summed E-state index contributed by atoms with van der Waals surface area (Å²) in [6, 6.07) is 8.66. The molecule has 3 atom stereocenters. The van der Waals surface area contributed by atoms with Crippen molar-refractivity contribution in [2.45, 2.75) is 45.3 Å². The van der Waals surface area contributed by atoms with Gasteiger partial charge in [-0.2, -0.15) is 0 Å². The van der Waals surface area contributed by atoms with E-state index in [0.717, 1.165) is 17.0 Å². The molecule has 0 spiro atoms. The summed E-state index contributed by atoms with van der Waals surface area (Å²) in [6.07, 6.45) is 1.10. The Morgan fingerprint density at radius 2 is 1.88 bits per heavy atom. The summed E-state index contributed by atoms with van der Waals surface area (Å²) in [5.74, 6) is 0.